The van der Waals surface area contributed by atoms with E-state index >= 15 is 0 Å². The van der Waals surface area contributed by atoms with Crippen LogP contribution in [0.15, 0.2) is 71.8 Å². The van der Waals surface area contributed by atoms with Crippen molar-refractivity contribution in [3.05, 3.63) is 72.3 Å². The Balaban J connectivity index is 1.49. The number of amides is 1. The molecule has 0 aliphatic rings. The van der Waals surface area contributed by atoms with Crippen LogP contribution < -0.4 is 5.43 Å². The first-order valence-corrected chi connectivity index (χ1v) is 7.68. The molecule has 0 spiro atoms. The van der Waals surface area contributed by atoms with Crippen LogP contribution in [0.2, 0.25) is 0 Å². The van der Waals surface area contributed by atoms with E-state index < -0.39 is 0 Å². The van der Waals surface area contributed by atoms with E-state index in [2.05, 4.69) is 25.9 Å². The number of tetrazole rings is 1. The molecule has 3 aromatic rings. The average molecular weight is 332 g/mol. The Labute approximate surface area is 144 Å². The van der Waals surface area contributed by atoms with Gasteiger partial charge in [-0.05, 0) is 16.9 Å². The van der Waals surface area contributed by atoms with E-state index in [0.29, 0.717) is 5.82 Å². The zero-order chi connectivity index (χ0) is 17.3. The number of carbonyl (C=O) groups excluding carboxylic acids is 1. The Morgan fingerprint density at radius 1 is 1.08 bits per heavy atom. The number of carbonyl (C=O) groups is 1. The van der Waals surface area contributed by atoms with Crippen LogP contribution in [0.25, 0.3) is 17.5 Å². The Hall–Kier alpha value is -3.61. The molecular weight excluding hydrogens is 316 g/mol. The molecule has 124 valence electrons. The SMILES string of the molecule is O=C(Cn1nnc(-c2ccccc2)n1)NN=CC=Cc1ccccc1. The molecule has 0 atom stereocenters. The van der Waals surface area contributed by atoms with Crippen molar-refractivity contribution in [1.29, 1.82) is 0 Å². The highest BCUT2D eigenvalue weighted by molar-refractivity contribution is 5.81. The number of hydrogen-bond donors (Lipinski definition) is 1. The molecule has 0 aliphatic heterocycles. The second-order valence-electron chi connectivity index (χ2n) is 5.09. The van der Waals surface area contributed by atoms with Gasteiger partial charge in [0.1, 0.15) is 6.54 Å². The minimum absolute atomic E-state index is 0.0560. The van der Waals surface area contributed by atoms with Gasteiger partial charge in [0, 0.05) is 11.8 Å². The molecule has 1 amide bonds. The van der Waals surface area contributed by atoms with E-state index in [1.165, 1.54) is 11.0 Å². The van der Waals surface area contributed by atoms with Gasteiger partial charge in [0.15, 0.2) is 0 Å². The van der Waals surface area contributed by atoms with Crippen molar-refractivity contribution < 1.29 is 4.79 Å². The van der Waals surface area contributed by atoms with Gasteiger partial charge < -0.3 is 0 Å². The predicted molar refractivity (Wildman–Crippen MR) is 95.4 cm³/mol. The smallest absolute Gasteiger partial charge is 0.263 e. The molecule has 0 fully saturated rings. The van der Waals surface area contributed by atoms with Gasteiger partial charge in [-0.3, -0.25) is 4.79 Å². The first-order chi connectivity index (χ1) is 12.3. The van der Waals surface area contributed by atoms with Crippen LogP contribution in [-0.4, -0.2) is 32.3 Å². The number of nitrogens with zero attached hydrogens (tertiary/aromatic N) is 5. The molecule has 1 aromatic heterocycles. The fourth-order valence-corrected chi connectivity index (χ4v) is 2.05. The monoisotopic (exact) mass is 332 g/mol. The molecule has 25 heavy (non-hydrogen) atoms. The summed E-state index contributed by atoms with van der Waals surface area (Å²) in [6, 6.07) is 19.3. The van der Waals surface area contributed by atoms with Crippen LogP contribution in [0.4, 0.5) is 0 Å². The first kappa shape index (κ1) is 16.3. The number of rotatable bonds is 6. The van der Waals surface area contributed by atoms with Crippen molar-refractivity contribution in [2.24, 2.45) is 5.10 Å². The van der Waals surface area contributed by atoms with Crippen molar-refractivity contribution in [2.45, 2.75) is 6.54 Å². The lowest BCUT2D eigenvalue weighted by molar-refractivity contribution is -0.122. The van der Waals surface area contributed by atoms with E-state index in [1.54, 1.807) is 6.08 Å². The zero-order valence-corrected chi connectivity index (χ0v) is 13.4. The molecular formula is C18H16N6O. The van der Waals surface area contributed by atoms with Crippen molar-refractivity contribution in [1.82, 2.24) is 25.6 Å². The molecule has 0 radical (unpaired) electrons. The predicted octanol–water partition coefficient (Wildman–Crippen LogP) is 2.16. The van der Waals surface area contributed by atoms with Gasteiger partial charge in [0.2, 0.25) is 5.82 Å². The summed E-state index contributed by atoms with van der Waals surface area (Å²) in [5.74, 6) is 0.143. The van der Waals surface area contributed by atoms with Crippen LogP contribution in [0.3, 0.4) is 0 Å². The lowest BCUT2D eigenvalue weighted by atomic mass is 10.2. The quantitative estimate of drug-likeness (QED) is 0.554. The molecule has 1 N–H and O–H groups in total. The Morgan fingerprint density at radius 2 is 1.80 bits per heavy atom. The average Bonchev–Trinajstić information content (AvgIpc) is 3.11. The highest BCUT2D eigenvalue weighted by atomic mass is 16.2. The van der Waals surface area contributed by atoms with Crippen molar-refractivity contribution in [3.63, 3.8) is 0 Å². The summed E-state index contributed by atoms with van der Waals surface area (Å²) in [5, 5.41) is 15.8. The van der Waals surface area contributed by atoms with Gasteiger partial charge in [0.25, 0.3) is 5.91 Å². The lowest BCUT2D eigenvalue weighted by Gasteiger charge is -1.97. The topological polar surface area (TPSA) is 85.1 Å². The summed E-state index contributed by atoms with van der Waals surface area (Å²) in [6.07, 6.45) is 5.15. The van der Waals surface area contributed by atoms with Gasteiger partial charge >= 0.3 is 0 Å². The summed E-state index contributed by atoms with van der Waals surface area (Å²) in [4.78, 5) is 13.0. The standard InChI is InChI=1S/C18H16N6O/c25-17(20-19-13-7-10-15-8-3-1-4-9-15)14-24-22-18(21-23-24)16-11-5-2-6-12-16/h1-13H,14H2,(H,20,25). The van der Waals surface area contributed by atoms with Crippen LogP contribution >= 0.6 is 0 Å². The third kappa shape index (κ3) is 4.93. The Bertz CT molecular complexity index is 871. The minimum Gasteiger partial charge on any atom is -0.271 e. The maximum absolute atomic E-state index is 11.8. The summed E-state index contributed by atoms with van der Waals surface area (Å²) < 4.78 is 0. The van der Waals surface area contributed by atoms with Crippen LogP contribution in [0, 0.1) is 0 Å². The van der Waals surface area contributed by atoms with E-state index in [1.807, 2.05) is 66.7 Å². The number of aromatic nitrogens is 4. The highest BCUT2D eigenvalue weighted by Gasteiger charge is 2.08. The third-order valence-electron chi connectivity index (χ3n) is 3.21. The second-order valence-corrected chi connectivity index (χ2v) is 5.09. The summed E-state index contributed by atoms with van der Waals surface area (Å²) in [5.41, 5.74) is 4.32. The van der Waals surface area contributed by atoms with E-state index in [9.17, 15) is 4.79 Å². The molecule has 0 unspecified atom stereocenters. The maximum atomic E-state index is 11.8. The molecule has 3 rings (SSSR count). The fourth-order valence-electron chi connectivity index (χ4n) is 2.05. The summed E-state index contributed by atoms with van der Waals surface area (Å²) in [7, 11) is 0. The van der Waals surface area contributed by atoms with Gasteiger partial charge in [-0.15, -0.1) is 10.2 Å². The van der Waals surface area contributed by atoms with Gasteiger partial charge in [-0.25, -0.2) is 5.43 Å². The van der Waals surface area contributed by atoms with E-state index in [-0.39, 0.29) is 12.5 Å². The van der Waals surface area contributed by atoms with E-state index in [0.717, 1.165) is 11.1 Å². The molecule has 0 saturated carbocycles. The molecule has 1 heterocycles. The largest absolute Gasteiger partial charge is 0.271 e. The zero-order valence-electron chi connectivity index (χ0n) is 13.4. The van der Waals surface area contributed by atoms with Crippen LogP contribution in [0.1, 0.15) is 5.56 Å². The van der Waals surface area contributed by atoms with Crippen molar-refractivity contribution >= 4 is 18.2 Å². The Kier molecular flexibility index (Phi) is 5.40. The fraction of sp³-hybridized carbons (Fsp3) is 0.0556. The van der Waals surface area contributed by atoms with Gasteiger partial charge in [-0.2, -0.15) is 9.90 Å². The molecule has 0 saturated heterocycles. The number of benzene rings is 2. The summed E-state index contributed by atoms with van der Waals surface area (Å²) >= 11 is 0. The molecule has 2 aromatic carbocycles. The van der Waals surface area contributed by atoms with Crippen molar-refractivity contribution in [2.75, 3.05) is 0 Å². The number of allylic oxidation sites excluding steroid dienone is 1. The second kappa shape index (κ2) is 8.30. The Morgan fingerprint density at radius 3 is 2.56 bits per heavy atom. The minimum atomic E-state index is -0.332. The summed E-state index contributed by atoms with van der Waals surface area (Å²) in [6.45, 7) is -0.0560. The van der Waals surface area contributed by atoms with Crippen LogP contribution in [0.5, 0.6) is 0 Å². The highest BCUT2D eigenvalue weighted by Crippen LogP contribution is 2.11. The number of hydrogen-bond acceptors (Lipinski definition) is 5. The van der Waals surface area contributed by atoms with Crippen LogP contribution in [-0.2, 0) is 11.3 Å². The van der Waals surface area contributed by atoms with Gasteiger partial charge in [0.05, 0.1) is 0 Å². The van der Waals surface area contributed by atoms with E-state index in [4.69, 9.17) is 0 Å². The maximum Gasteiger partial charge on any atom is 0.263 e. The molecule has 7 nitrogen and oxygen atoms in total. The number of hydrazone groups is 1. The molecule has 7 heteroatoms. The van der Waals surface area contributed by atoms with Crippen molar-refractivity contribution in [3.8, 4) is 11.4 Å². The number of nitrogens with one attached hydrogen (secondary N) is 1. The van der Waals surface area contributed by atoms with Gasteiger partial charge in [-0.1, -0.05) is 66.7 Å². The molecule has 0 bridgehead atoms. The third-order valence-corrected chi connectivity index (χ3v) is 3.21. The molecule has 0 aliphatic carbocycles. The normalized spacial score (nSPS) is 11.2. The first-order valence-electron chi connectivity index (χ1n) is 7.68. The lowest BCUT2D eigenvalue weighted by Crippen LogP contribution is -2.24.